The van der Waals surface area contributed by atoms with Crippen LogP contribution in [0.1, 0.15) is 49.9 Å². The molecule has 1 heterocycles. The van der Waals surface area contributed by atoms with E-state index >= 15 is 0 Å². The molecule has 1 aromatic heterocycles. The van der Waals surface area contributed by atoms with Gasteiger partial charge in [0.05, 0.1) is 10.4 Å². The second-order valence-electron chi connectivity index (χ2n) is 16.5. The third-order valence-electron chi connectivity index (χ3n) is 12.7. The number of fused-ring (bicyclic) bond motifs is 9. The van der Waals surface area contributed by atoms with Gasteiger partial charge in [0.2, 0.25) is 0 Å². The number of hydrogen-bond donors (Lipinski definition) is 0. The van der Waals surface area contributed by atoms with Gasteiger partial charge in [-0.1, -0.05) is 161 Å². The minimum Gasteiger partial charge on any atom is -0.309 e. The first-order chi connectivity index (χ1) is 27.3. The number of thiophene rings is 1. The molecule has 0 spiro atoms. The smallest absolute Gasteiger partial charge is 0.0640 e. The lowest BCUT2D eigenvalue weighted by molar-refractivity contribution is 0.660. The summed E-state index contributed by atoms with van der Waals surface area (Å²) >= 11 is 1.88. The summed E-state index contributed by atoms with van der Waals surface area (Å²) in [5.41, 5.74) is 19.4. The standard InChI is InChI=1S/C54H41NS/c1-53(2)46-19-8-5-13-40(46)42-32-27-36(33-48(42)53)34-23-28-37(29-24-34)55(49-21-12-18-45-43-15-7-10-22-50(43)56-52(45)49)38-30-25-35(26-31-38)39-16-11-17-44-41-14-6-9-20-47(41)54(3,4)51(39)44/h5-33H,1-4H3. The molecular formula is C54H41NS. The Morgan fingerprint density at radius 3 is 1.68 bits per heavy atom. The Kier molecular flexibility index (Phi) is 7.18. The van der Waals surface area contributed by atoms with Gasteiger partial charge in [-0.2, -0.15) is 0 Å². The fourth-order valence-electron chi connectivity index (χ4n) is 9.90. The topological polar surface area (TPSA) is 3.24 Å². The number of hydrogen-bond acceptors (Lipinski definition) is 2. The molecule has 0 N–H and O–H groups in total. The lowest BCUT2D eigenvalue weighted by Crippen LogP contribution is -2.16. The molecule has 268 valence electrons. The third-order valence-corrected chi connectivity index (χ3v) is 13.9. The fourth-order valence-corrected chi connectivity index (χ4v) is 11.1. The molecule has 0 saturated heterocycles. The molecule has 2 aliphatic rings. The van der Waals surface area contributed by atoms with Crippen LogP contribution >= 0.6 is 11.3 Å². The normalized spacial score (nSPS) is 14.4. The second kappa shape index (κ2) is 12.1. The summed E-state index contributed by atoms with van der Waals surface area (Å²) < 4.78 is 2.60. The van der Waals surface area contributed by atoms with Gasteiger partial charge in [0.15, 0.2) is 0 Å². The van der Waals surface area contributed by atoms with E-state index in [0.29, 0.717) is 0 Å². The van der Waals surface area contributed by atoms with Gasteiger partial charge in [-0.3, -0.25) is 0 Å². The first-order valence-electron chi connectivity index (χ1n) is 19.7. The minimum absolute atomic E-state index is 0.0344. The van der Waals surface area contributed by atoms with Crippen LogP contribution in [0.3, 0.4) is 0 Å². The van der Waals surface area contributed by atoms with Crippen molar-refractivity contribution in [1.29, 1.82) is 0 Å². The Bertz CT molecular complexity index is 3010. The molecule has 0 amide bonds. The first-order valence-corrected chi connectivity index (χ1v) is 20.5. The molecule has 0 bridgehead atoms. The van der Waals surface area contributed by atoms with Gasteiger partial charge < -0.3 is 4.90 Å². The highest BCUT2D eigenvalue weighted by molar-refractivity contribution is 7.26. The van der Waals surface area contributed by atoms with E-state index in [1.165, 1.54) is 92.6 Å². The summed E-state index contributed by atoms with van der Waals surface area (Å²) in [5.74, 6) is 0. The molecule has 1 nitrogen and oxygen atoms in total. The van der Waals surface area contributed by atoms with Crippen molar-refractivity contribution in [2.45, 2.75) is 38.5 Å². The molecule has 0 radical (unpaired) electrons. The molecule has 8 aromatic carbocycles. The lowest BCUT2D eigenvalue weighted by Gasteiger charge is -2.27. The average molecular weight is 736 g/mol. The molecule has 11 rings (SSSR count). The summed E-state index contributed by atoms with van der Waals surface area (Å²) in [5, 5.41) is 2.60. The summed E-state index contributed by atoms with van der Waals surface area (Å²) in [6.45, 7) is 9.45. The van der Waals surface area contributed by atoms with Gasteiger partial charge in [0.25, 0.3) is 0 Å². The molecule has 0 fully saturated rings. The SMILES string of the molecule is CC1(C)c2ccccc2-c2ccc(-c3ccc(N(c4ccc(-c5cccc6c5C(C)(C)c5ccccc5-6)cc4)c4cccc5c4sc4ccccc45)cc3)cc21. The molecule has 0 unspecified atom stereocenters. The van der Waals surface area contributed by atoms with Crippen LogP contribution in [0.25, 0.3) is 64.7 Å². The Morgan fingerprint density at radius 1 is 0.393 bits per heavy atom. The molecule has 2 aliphatic carbocycles. The predicted octanol–water partition coefficient (Wildman–Crippen LogP) is 15.5. The summed E-state index contributed by atoms with van der Waals surface area (Å²) in [7, 11) is 0. The zero-order chi connectivity index (χ0) is 37.8. The van der Waals surface area contributed by atoms with E-state index in [-0.39, 0.29) is 10.8 Å². The second-order valence-corrected chi connectivity index (χ2v) is 17.6. The maximum absolute atomic E-state index is 2.45. The van der Waals surface area contributed by atoms with Gasteiger partial charge in [-0.15, -0.1) is 11.3 Å². The van der Waals surface area contributed by atoms with Crippen LogP contribution < -0.4 is 4.90 Å². The largest absolute Gasteiger partial charge is 0.309 e. The highest BCUT2D eigenvalue weighted by atomic mass is 32.1. The molecule has 0 saturated carbocycles. The molecular weight excluding hydrogens is 695 g/mol. The van der Waals surface area contributed by atoms with E-state index in [4.69, 9.17) is 0 Å². The average Bonchev–Trinajstić information content (AvgIpc) is 3.82. The van der Waals surface area contributed by atoms with Crippen LogP contribution in [0.15, 0.2) is 176 Å². The first kappa shape index (κ1) is 33.1. The highest BCUT2D eigenvalue weighted by Crippen LogP contribution is 2.53. The van der Waals surface area contributed by atoms with Crippen LogP contribution in [0, 0.1) is 0 Å². The zero-order valence-electron chi connectivity index (χ0n) is 32.1. The summed E-state index contributed by atoms with van der Waals surface area (Å²) in [4.78, 5) is 2.45. The van der Waals surface area contributed by atoms with Crippen molar-refractivity contribution in [2.24, 2.45) is 0 Å². The van der Waals surface area contributed by atoms with Gasteiger partial charge in [-0.05, 0) is 109 Å². The number of benzene rings is 8. The van der Waals surface area contributed by atoms with E-state index in [1.807, 2.05) is 11.3 Å². The van der Waals surface area contributed by atoms with Crippen molar-refractivity contribution in [3.8, 4) is 44.5 Å². The Hall–Kier alpha value is -6.22. The van der Waals surface area contributed by atoms with Crippen molar-refractivity contribution >= 4 is 48.6 Å². The maximum Gasteiger partial charge on any atom is 0.0640 e. The minimum atomic E-state index is -0.0790. The molecule has 56 heavy (non-hydrogen) atoms. The van der Waals surface area contributed by atoms with Crippen molar-refractivity contribution in [3.05, 3.63) is 198 Å². The van der Waals surface area contributed by atoms with E-state index in [9.17, 15) is 0 Å². The van der Waals surface area contributed by atoms with Crippen LogP contribution in [0.4, 0.5) is 17.1 Å². The Balaban J connectivity index is 1.02. The van der Waals surface area contributed by atoms with E-state index in [0.717, 1.165) is 11.4 Å². The molecule has 9 aromatic rings. The van der Waals surface area contributed by atoms with Crippen LogP contribution in [0.2, 0.25) is 0 Å². The van der Waals surface area contributed by atoms with Crippen LogP contribution in [0.5, 0.6) is 0 Å². The van der Waals surface area contributed by atoms with E-state index < -0.39 is 0 Å². The van der Waals surface area contributed by atoms with Crippen molar-refractivity contribution < 1.29 is 0 Å². The van der Waals surface area contributed by atoms with E-state index in [1.54, 1.807) is 0 Å². The third kappa shape index (κ3) is 4.79. The predicted molar refractivity (Wildman–Crippen MR) is 240 cm³/mol. The summed E-state index contributed by atoms with van der Waals surface area (Å²) in [6.07, 6.45) is 0. The summed E-state index contributed by atoms with van der Waals surface area (Å²) in [6, 6.07) is 65.6. The Labute approximate surface area is 333 Å². The molecule has 2 heteroatoms. The van der Waals surface area contributed by atoms with Gasteiger partial charge in [0.1, 0.15) is 0 Å². The number of nitrogens with zero attached hydrogens (tertiary/aromatic N) is 1. The number of rotatable bonds is 5. The monoisotopic (exact) mass is 735 g/mol. The van der Waals surface area contributed by atoms with Crippen LogP contribution in [-0.2, 0) is 10.8 Å². The van der Waals surface area contributed by atoms with Gasteiger partial charge in [-0.25, -0.2) is 0 Å². The van der Waals surface area contributed by atoms with Gasteiger partial charge in [0, 0.05) is 37.7 Å². The maximum atomic E-state index is 2.45. The fraction of sp³-hybridized carbons (Fsp3) is 0.111. The van der Waals surface area contributed by atoms with Gasteiger partial charge >= 0.3 is 0 Å². The van der Waals surface area contributed by atoms with Crippen molar-refractivity contribution in [3.63, 3.8) is 0 Å². The number of anilines is 3. The lowest BCUT2D eigenvalue weighted by atomic mass is 9.79. The van der Waals surface area contributed by atoms with Crippen molar-refractivity contribution in [2.75, 3.05) is 4.90 Å². The quantitative estimate of drug-likeness (QED) is 0.170. The van der Waals surface area contributed by atoms with E-state index in [2.05, 4.69) is 209 Å². The Morgan fingerprint density at radius 2 is 0.929 bits per heavy atom. The van der Waals surface area contributed by atoms with Crippen molar-refractivity contribution in [1.82, 2.24) is 0 Å². The zero-order valence-corrected chi connectivity index (χ0v) is 32.9. The molecule has 0 atom stereocenters. The highest BCUT2D eigenvalue weighted by Gasteiger charge is 2.37. The van der Waals surface area contributed by atoms with Crippen LogP contribution in [-0.4, -0.2) is 0 Å². The molecule has 0 aliphatic heterocycles.